The first-order valence-electron chi connectivity index (χ1n) is 9.73. The smallest absolute Gasteiger partial charge is 0.226 e. The Bertz CT molecular complexity index is 1080. The molecule has 0 bridgehead atoms. The highest BCUT2D eigenvalue weighted by atomic mass is 32.1. The summed E-state index contributed by atoms with van der Waals surface area (Å²) in [5, 5.41) is 4.15. The van der Waals surface area contributed by atoms with Crippen LogP contribution in [0.25, 0.3) is 32.5 Å². The van der Waals surface area contributed by atoms with Crippen LogP contribution in [0.2, 0.25) is 0 Å². The summed E-state index contributed by atoms with van der Waals surface area (Å²) in [6.07, 6.45) is 6.23. The van der Waals surface area contributed by atoms with Crippen LogP contribution in [0.5, 0.6) is 5.88 Å². The second-order valence-electron chi connectivity index (χ2n) is 7.67. The van der Waals surface area contributed by atoms with Gasteiger partial charge in [-0.2, -0.15) is 0 Å². The number of benzene rings is 1. The molecule has 4 aromatic rings. The molecule has 3 aromatic heterocycles. The Kier molecular flexibility index (Phi) is 4.53. The third-order valence-electron chi connectivity index (χ3n) is 5.68. The van der Waals surface area contributed by atoms with E-state index < -0.39 is 0 Å². The summed E-state index contributed by atoms with van der Waals surface area (Å²) >= 11 is 1.60. The molecule has 0 amide bonds. The molecule has 1 aliphatic carbocycles. The van der Waals surface area contributed by atoms with Crippen molar-refractivity contribution in [3.05, 3.63) is 42.0 Å². The number of nitrogens with zero attached hydrogens (tertiary/aromatic N) is 3. The summed E-state index contributed by atoms with van der Waals surface area (Å²) in [5.41, 5.74) is 1.90. The third-order valence-corrected chi connectivity index (χ3v) is 6.57. The second-order valence-corrected chi connectivity index (χ2v) is 8.53. The van der Waals surface area contributed by atoms with Crippen molar-refractivity contribution in [1.29, 1.82) is 0 Å². The average Bonchev–Trinajstić information content (AvgIpc) is 3.33. The minimum Gasteiger partial charge on any atom is -0.474 e. The molecule has 0 saturated heterocycles. The monoisotopic (exact) mass is 393 g/mol. The molecule has 0 spiro atoms. The van der Waals surface area contributed by atoms with E-state index in [-0.39, 0.29) is 6.10 Å². The first-order valence-corrected chi connectivity index (χ1v) is 10.6. The minimum absolute atomic E-state index is 0.206. The van der Waals surface area contributed by atoms with Crippen LogP contribution in [0.15, 0.2) is 46.5 Å². The fourth-order valence-corrected chi connectivity index (χ4v) is 4.96. The number of fused-ring (bicyclic) bond motifs is 2. The number of thiophene rings is 1. The van der Waals surface area contributed by atoms with Crippen molar-refractivity contribution in [3.8, 4) is 17.2 Å². The summed E-state index contributed by atoms with van der Waals surface area (Å²) in [7, 11) is 4.32. The zero-order valence-corrected chi connectivity index (χ0v) is 16.9. The highest BCUT2D eigenvalue weighted by Gasteiger charge is 2.25. The Hall–Kier alpha value is -2.44. The van der Waals surface area contributed by atoms with Gasteiger partial charge in [-0.1, -0.05) is 18.2 Å². The number of hydrogen-bond donors (Lipinski definition) is 0. The van der Waals surface area contributed by atoms with E-state index in [0.717, 1.165) is 58.2 Å². The molecule has 0 atom stereocenters. The molecule has 1 aromatic carbocycles. The maximum absolute atomic E-state index is 6.39. The summed E-state index contributed by atoms with van der Waals surface area (Å²) < 4.78 is 12.5. The van der Waals surface area contributed by atoms with Gasteiger partial charge in [0.05, 0.1) is 5.39 Å². The molecule has 0 N–H and O–H groups in total. The number of ether oxygens (including phenoxy) is 1. The number of hydrogen-bond acceptors (Lipinski definition) is 6. The van der Waals surface area contributed by atoms with Gasteiger partial charge in [0.2, 0.25) is 5.88 Å². The number of aromatic nitrogens is 2. The van der Waals surface area contributed by atoms with Crippen molar-refractivity contribution >= 4 is 32.5 Å². The zero-order valence-electron chi connectivity index (χ0n) is 16.1. The van der Waals surface area contributed by atoms with Gasteiger partial charge in [0, 0.05) is 22.4 Å². The predicted octanol–water partition coefficient (Wildman–Crippen LogP) is 5.36. The lowest BCUT2D eigenvalue weighted by Gasteiger charge is -2.32. The standard InChI is InChI=1S/C22H23N3O2S/c1-25(2)15-7-9-16(10-8-15)26-21-20-17(12-28-22(20)24-13-23-21)19-11-14-5-3-4-6-18(14)27-19/h3-6,11-13,15-16H,7-10H2,1-2H3/t15-,16-. The topological polar surface area (TPSA) is 51.4 Å². The Labute approximate surface area is 168 Å². The molecule has 28 heavy (non-hydrogen) atoms. The molecular weight excluding hydrogens is 370 g/mol. The normalized spacial score (nSPS) is 20.2. The quantitative estimate of drug-likeness (QED) is 0.467. The summed E-state index contributed by atoms with van der Waals surface area (Å²) in [6, 6.07) is 10.8. The van der Waals surface area contributed by atoms with Crippen molar-refractivity contribution in [1.82, 2.24) is 14.9 Å². The third kappa shape index (κ3) is 3.16. The van der Waals surface area contributed by atoms with E-state index in [1.807, 2.05) is 18.2 Å². The van der Waals surface area contributed by atoms with Crippen molar-refractivity contribution in [2.24, 2.45) is 0 Å². The van der Waals surface area contributed by atoms with Gasteiger partial charge in [-0.05, 0) is 51.9 Å². The van der Waals surface area contributed by atoms with Crippen LogP contribution in [0.1, 0.15) is 25.7 Å². The Morgan fingerprint density at radius 1 is 1.11 bits per heavy atom. The molecule has 0 aliphatic heterocycles. The van der Waals surface area contributed by atoms with Gasteiger partial charge in [0.1, 0.15) is 28.6 Å². The second kappa shape index (κ2) is 7.18. The van der Waals surface area contributed by atoms with Crippen LogP contribution >= 0.6 is 11.3 Å². The fraction of sp³-hybridized carbons (Fsp3) is 0.364. The van der Waals surface area contributed by atoms with E-state index in [2.05, 4.69) is 46.5 Å². The maximum atomic E-state index is 6.39. The van der Waals surface area contributed by atoms with E-state index in [1.54, 1.807) is 17.7 Å². The van der Waals surface area contributed by atoms with Gasteiger partial charge in [-0.15, -0.1) is 11.3 Å². The number of rotatable bonds is 4. The summed E-state index contributed by atoms with van der Waals surface area (Å²) in [4.78, 5) is 12.2. The van der Waals surface area contributed by atoms with Crippen LogP contribution in [-0.4, -0.2) is 41.1 Å². The van der Waals surface area contributed by atoms with Crippen molar-refractivity contribution < 1.29 is 9.15 Å². The molecule has 5 rings (SSSR count). The van der Waals surface area contributed by atoms with E-state index in [1.165, 1.54) is 0 Å². The van der Waals surface area contributed by atoms with E-state index in [0.29, 0.717) is 11.9 Å². The Balaban J connectivity index is 1.48. The first kappa shape index (κ1) is 17.6. The van der Waals surface area contributed by atoms with Crippen LogP contribution < -0.4 is 4.74 Å². The molecule has 144 valence electrons. The van der Waals surface area contributed by atoms with Crippen LogP contribution in [-0.2, 0) is 0 Å². The van der Waals surface area contributed by atoms with Crippen molar-refractivity contribution in [2.45, 2.75) is 37.8 Å². The van der Waals surface area contributed by atoms with E-state index >= 15 is 0 Å². The first-order chi connectivity index (χ1) is 13.7. The van der Waals surface area contributed by atoms with Crippen molar-refractivity contribution in [2.75, 3.05) is 14.1 Å². The number of furan rings is 1. The molecule has 6 heteroatoms. The highest BCUT2D eigenvalue weighted by Crippen LogP contribution is 2.40. The largest absolute Gasteiger partial charge is 0.474 e. The molecule has 1 fully saturated rings. The van der Waals surface area contributed by atoms with Crippen LogP contribution in [0, 0.1) is 0 Å². The average molecular weight is 394 g/mol. The summed E-state index contributed by atoms with van der Waals surface area (Å²) in [6.45, 7) is 0. The van der Waals surface area contributed by atoms with Crippen molar-refractivity contribution in [3.63, 3.8) is 0 Å². The molecular formula is C22H23N3O2S. The lowest BCUT2D eigenvalue weighted by atomic mass is 9.92. The van der Waals surface area contributed by atoms with Crippen LogP contribution in [0.3, 0.4) is 0 Å². The molecule has 0 radical (unpaired) electrons. The Morgan fingerprint density at radius 2 is 1.93 bits per heavy atom. The van der Waals surface area contributed by atoms with Gasteiger partial charge in [-0.25, -0.2) is 9.97 Å². The van der Waals surface area contributed by atoms with Gasteiger partial charge in [0.25, 0.3) is 0 Å². The van der Waals surface area contributed by atoms with Crippen LogP contribution in [0.4, 0.5) is 0 Å². The van der Waals surface area contributed by atoms with Gasteiger partial charge in [0.15, 0.2) is 0 Å². The lowest BCUT2D eigenvalue weighted by Crippen LogP contribution is -2.35. The number of para-hydroxylation sites is 1. The van der Waals surface area contributed by atoms with Gasteiger partial charge < -0.3 is 14.1 Å². The zero-order chi connectivity index (χ0) is 19.1. The maximum Gasteiger partial charge on any atom is 0.226 e. The minimum atomic E-state index is 0.206. The molecule has 1 aliphatic rings. The molecule has 1 saturated carbocycles. The molecule has 3 heterocycles. The van der Waals surface area contributed by atoms with E-state index in [4.69, 9.17) is 9.15 Å². The summed E-state index contributed by atoms with van der Waals surface area (Å²) in [5.74, 6) is 1.51. The Morgan fingerprint density at radius 3 is 2.71 bits per heavy atom. The SMILES string of the molecule is CN(C)[C@H]1CC[C@H](Oc2ncnc3scc(-c4cc5ccccc5o4)c23)CC1. The molecule has 0 unspecified atom stereocenters. The van der Waals surface area contributed by atoms with Gasteiger partial charge >= 0.3 is 0 Å². The van der Waals surface area contributed by atoms with E-state index in [9.17, 15) is 0 Å². The fourth-order valence-electron chi connectivity index (χ4n) is 4.07. The predicted molar refractivity (Wildman–Crippen MR) is 113 cm³/mol. The molecule has 5 nitrogen and oxygen atoms in total. The van der Waals surface area contributed by atoms with Gasteiger partial charge in [-0.3, -0.25) is 0 Å². The highest BCUT2D eigenvalue weighted by molar-refractivity contribution is 7.17. The lowest BCUT2D eigenvalue weighted by molar-refractivity contribution is 0.108.